The van der Waals surface area contributed by atoms with Crippen LogP contribution in [0.2, 0.25) is 0 Å². The Labute approximate surface area is 234 Å². The van der Waals surface area contributed by atoms with Gasteiger partial charge in [0.1, 0.15) is 11.5 Å². The van der Waals surface area contributed by atoms with Crippen LogP contribution in [0.1, 0.15) is 85.2 Å². The van der Waals surface area contributed by atoms with Crippen molar-refractivity contribution in [2.24, 2.45) is 0 Å². The zero-order valence-corrected chi connectivity index (χ0v) is 25.3. The Hall–Kier alpha value is -2.36. The number of sulfonamides is 1. The van der Waals surface area contributed by atoms with Crippen LogP contribution in [0.25, 0.3) is 0 Å². The van der Waals surface area contributed by atoms with Gasteiger partial charge in [0.05, 0.1) is 5.25 Å². The van der Waals surface area contributed by atoms with Gasteiger partial charge in [-0.2, -0.15) is 0 Å². The van der Waals surface area contributed by atoms with Gasteiger partial charge >= 0.3 is 0 Å². The maximum absolute atomic E-state index is 13.5. The van der Waals surface area contributed by atoms with E-state index >= 15 is 0 Å². The molecule has 0 aliphatic carbocycles. The molecule has 8 nitrogen and oxygen atoms in total. The van der Waals surface area contributed by atoms with Crippen molar-refractivity contribution in [2.75, 3.05) is 33.2 Å². The number of piperidine rings is 2. The number of likely N-dealkylation sites (tertiary alicyclic amines) is 2. The fraction of sp³-hybridized carbons (Fsp3) is 0.633. The molecule has 0 atom stereocenters. The highest BCUT2D eigenvalue weighted by atomic mass is 32.2. The van der Waals surface area contributed by atoms with Gasteiger partial charge in [-0.05, 0) is 89.1 Å². The van der Waals surface area contributed by atoms with Crippen LogP contribution in [0.3, 0.4) is 0 Å². The van der Waals surface area contributed by atoms with Crippen molar-refractivity contribution in [3.8, 4) is 0 Å². The van der Waals surface area contributed by atoms with E-state index in [1.54, 1.807) is 0 Å². The third kappa shape index (κ3) is 7.05. The summed E-state index contributed by atoms with van der Waals surface area (Å²) in [5.74, 6) is 0.627. The highest BCUT2D eigenvalue weighted by Gasteiger charge is 2.34. The zero-order valence-electron chi connectivity index (χ0n) is 24.5. The molecule has 2 aliphatic rings. The monoisotopic (exact) mass is 555 g/mol. The summed E-state index contributed by atoms with van der Waals surface area (Å²) in [6.45, 7) is 13.5. The average Bonchev–Trinajstić information content (AvgIpc) is 2.93. The lowest BCUT2D eigenvalue weighted by Gasteiger charge is -2.41. The van der Waals surface area contributed by atoms with Gasteiger partial charge in [-0.1, -0.05) is 45.0 Å². The Balaban J connectivity index is 1.35. The van der Waals surface area contributed by atoms with E-state index in [2.05, 4.69) is 59.6 Å². The molecule has 2 fully saturated rings. The fourth-order valence-corrected chi connectivity index (χ4v) is 7.04. The second-order valence-electron chi connectivity index (χ2n) is 12.1. The number of hydrogen-bond donors (Lipinski definition) is 1. The van der Waals surface area contributed by atoms with Crippen LogP contribution < -0.4 is 4.72 Å². The van der Waals surface area contributed by atoms with E-state index in [1.165, 1.54) is 18.2 Å². The van der Waals surface area contributed by atoms with Crippen molar-refractivity contribution in [3.05, 3.63) is 58.2 Å². The van der Waals surface area contributed by atoms with Crippen LogP contribution in [0.5, 0.6) is 0 Å². The molecule has 3 heterocycles. The number of aryl methyl sites for hydroxylation is 3. The van der Waals surface area contributed by atoms with Gasteiger partial charge in [0.25, 0.3) is 5.91 Å². The lowest BCUT2D eigenvalue weighted by molar-refractivity contribution is 0.0584. The van der Waals surface area contributed by atoms with Crippen molar-refractivity contribution < 1.29 is 13.2 Å². The van der Waals surface area contributed by atoms with Crippen molar-refractivity contribution in [1.82, 2.24) is 24.5 Å². The molecule has 0 radical (unpaired) electrons. The summed E-state index contributed by atoms with van der Waals surface area (Å²) in [4.78, 5) is 27.2. The molecule has 0 spiro atoms. The molecule has 2 saturated heterocycles. The van der Waals surface area contributed by atoms with E-state index in [0.717, 1.165) is 50.0 Å². The normalized spacial score (nSPS) is 18.5. The Morgan fingerprint density at radius 2 is 1.56 bits per heavy atom. The molecule has 1 aromatic heterocycles. The van der Waals surface area contributed by atoms with E-state index < -0.39 is 10.0 Å². The Morgan fingerprint density at radius 3 is 2.13 bits per heavy atom. The van der Waals surface area contributed by atoms with Gasteiger partial charge in [0, 0.05) is 30.4 Å². The van der Waals surface area contributed by atoms with E-state index in [9.17, 15) is 13.2 Å². The number of nitrogens with zero attached hydrogens (tertiary/aromatic N) is 4. The molecule has 1 aromatic carbocycles. The second kappa shape index (κ2) is 12.0. The van der Waals surface area contributed by atoms with Crippen molar-refractivity contribution in [2.45, 2.75) is 89.9 Å². The molecular formula is C30H45N5O3S. The van der Waals surface area contributed by atoms with Gasteiger partial charge in [-0.15, -0.1) is 0 Å². The minimum Gasteiger partial charge on any atom is -0.337 e. The first-order valence-electron chi connectivity index (χ1n) is 14.3. The molecule has 214 valence electrons. The molecule has 0 bridgehead atoms. The van der Waals surface area contributed by atoms with Crippen LogP contribution in [0.4, 0.5) is 0 Å². The van der Waals surface area contributed by atoms with Crippen LogP contribution in [0, 0.1) is 13.8 Å². The quantitative estimate of drug-likeness (QED) is 0.559. The van der Waals surface area contributed by atoms with Crippen molar-refractivity contribution in [3.63, 3.8) is 0 Å². The van der Waals surface area contributed by atoms with Crippen LogP contribution in [0.15, 0.2) is 24.3 Å². The Bertz CT molecular complexity index is 1250. The average molecular weight is 556 g/mol. The van der Waals surface area contributed by atoms with E-state index in [-0.39, 0.29) is 16.6 Å². The topological polar surface area (TPSA) is 95.5 Å². The predicted octanol–water partition coefficient (Wildman–Crippen LogP) is 3.79. The second-order valence-corrected chi connectivity index (χ2v) is 14.3. The van der Waals surface area contributed by atoms with E-state index in [1.807, 2.05) is 18.7 Å². The highest BCUT2D eigenvalue weighted by Crippen LogP contribution is 2.26. The first-order chi connectivity index (χ1) is 18.4. The number of rotatable bonds is 7. The van der Waals surface area contributed by atoms with Crippen molar-refractivity contribution >= 4 is 15.9 Å². The molecule has 1 amide bonds. The SMILES string of the molecule is CNS(=O)(=O)C1CCN(C2CCN(C(=O)c3nc(C)nc(CCc4ccc(C(C)(C)C)cc4)c3C)CC2)CC1. The summed E-state index contributed by atoms with van der Waals surface area (Å²) in [6.07, 6.45) is 4.75. The van der Waals surface area contributed by atoms with Gasteiger partial charge < -0.3 is 9.80 Å². The Morgan fingerprint density at radius 1 is 0.949 bits per heavy atom. The lowest BCUT2D eigenvalue weighted by Crippen LogP contribution is -2.51. The number of carbonyl (C=O) groups excluding carboxylic acids is 1. The number of aromatic nitrogens is 2. The highest BCUT2D eigenvalue weighted by molar-refractivity contribution is 7.90. The molecule has 2 aromatic rings. The van der Waals surface area contributed by atoms with Gasteiger partial charge in [0.2, 0.25) is 10.0 Å². The predicted molar refractivity (Wildman–Crippen MR) is 156 cm³/mol. The molecule has 4 rings (SSSR count). The molecule has 0 unspecified atom stereocenters. The largest absolute Gasteiger partial charge is 0.337 e. The number of nitrogens with one attached hydrogen (secondary N) is 1. The van der Waals surface area contributed by atoms with Gasteiger partial charge in [-0.25, -0.2) is 23.1 Å². The van der Waals surface area contributed by atoms with Crippen LogP contribution >= 0.6 is 0 Å². The number of benzene rings is 1. The van der Waals surface area contributed by atoms with Crippen molar-refractivity contribution in [1.29, 1.82) is 0 Å². The number of hydrogen-bond acceptors (Lipinski definition) is 6. The van der Waals surface area contributed by atoms with Gasteiger partial charge in [0.15, 0.2) is 0 Å². The third-order valence-electron chi connectivity index (χ3n) is 8.50. The first kappa shape index (κ1) is 29.6. The molecule has 39 heavy (non-hydrogen) atoms. The van der Waals surface area contributed by atoms with Crippen LogP contribution in [-0.4, -0.2) is 78.6 Å². The number of amides is 1. The zero-order chi connectivity index (χ0) is 28.4. The van der Waals surface area contributed by atoms with E-state index in [0.29, 0.717) is 43.5 Å². The molecule has 1 N–H and O–H groups in total. The summed E-state index contributed by atoms with van der Waals surface area (Å²) in [6, 6.07) is 9.20. The Kier molecular flexibility index (Phi) is 9.13. The number of carbonyl (C=O) groups is 1. The molecule has 2 aliphatic heterocycles. The minimum atomic E-state index is -3.21. The standard InChI is InChI=1S/C30H45N5O3S/c1-21-27(12-9-23-7-10-24(11-8-23)30(3,4)5)32-22(2)33-28(21)29(36)35-17-13-25(14-18-35)34-19-15-26(16-20-34)39(37,38)31-6/h7-8,10-11,25-26,31H,9,12-20H2,1-6H3. The minimum absolute atomic E-state index is 0.00829. The summed E-state index contributed by atoms with van der Waals surface area (Å²) >= 11 is 0. The molecule has 0 saturated carbocycles. The lowest BCUT2D eigenvalue weighted by atomic mass is 9.86. The summed E-state index contributed by atoms with van der Waals surface area (Å²) in [5.41, 5.74) is 5.07. The molecule has 9 heteroatoms. The smallest absolute Gasteiger partial charge is 0.272 e. The summed E-state index contributed by atoms with van der Waals surface area (Å²) < 4.78 is 26.8. The molecular weight excluding hydrogens is 510 g/mol. The maximum Gasteiger partial charge on any atom is 0.272 e. The summed E-state index contributed by atoms with van der Waals surface area (Å²) in [7, 11) is -1.72. The van der Waals surface area contributed by atoms with Crippen LogP contribution in [-0.2, 0) is 28.3 Å². The fourth-order valence-electron chi connectivity index (χ4n) is 5.87. The van der Waals surface area contributed by atoms with Gasteiger partial charge in [-0.3, -0.25) is 4.79 Å². The maximum atomic E-state index is 13.5. The summed E-state index contributed by atoms with van der Waals surface area (Å²) in [5, 5.41) is -0.304. The third-order valence-corrected chi connectivity index (χ3v) is 10.4. The van der Waals surface area contributed by atoms with E-state index in [4.69, 9.17) is 4.98 Å². The first-order valence-corrected chi connectivity index (χ1v) is 15.8.